The third-order valence-corrected chi connectivity index (χ3v) is 5.48. The molecule has 4 heteroatoms. The summed E-state index contributed by atoms with van der Waals surface area (Å²) >= 11 is 4.34. The zero-order valence-electron chi connectivity index (χ0n) is 16.8. The number of nitrogens with zero attached hydrogens (tertiary/aromatic N) is 3. The highest BCUT2D eigenvalue weighted by Gasteiger charge is 2.03. The minimum Gasteiger partial charge on any atom is -0.306 e. The van der Waals surface area contributed by atoms with Crippen molar-refractivity contribution in [1.29, 1.82) is 0 Å². The number of rotatable bonds is 17. The first-order valence-corrected chi connectivity index (χ1v) is 11.3. The molecule has 0 bridgehead atoms. The number of aryl methyl sites for hydroxylation is 1. The van der Waals surface area contributed by atoms with Gasteiger partial charge in [0.1, 0.15) is 5.82 Å². The molecule has 0 aliphatic carbocycles. The van der Waals surface area contributed by atoms with Gasteiger partial charge < -0.3 is 4.57 Å². The van der Waals surface area contributed by atoms with Crippen molar-refractivity contribution in [3.63, 3.8) is 0 Å². The molecule has 25 heavy (non-hydrogen) atoms. The van der Waals surface area contributed by atoms with Crippen LogP contribution in [0.3, 0.4) is 0 Å². The molecular formula is C21H41N3S. The molecule has 0 fully saturated rings. The molecule has 1 aromatic rings. The summed E-state index contributed by atoms with van der Waals surface area (Å²) in [6.07, 6.45) is 22.6. The second-order valence-electron chi connectivity index (χ2n) is 7.50. The van der Waals surface area contributed by atoms with Gasteiger partial charge in [0.05, 0.1) is 0 Å². The highest BCUT2D eigenvalue weighted by molar-refractivity contribution is 7.80. The monoisotopic (exact) mass is 367 g/mol. The Kier molecular flexibility index (Phi) is 14.2. The van der Waals surface area contributed by atoms with E-state index >= 15 is 0 Å². The van der Waals surface area contributed by atoms with Crippen molar-refractivity contribution in [2.75, 3.05) is 0 Å². The molecule has 0 N–H and O–H groups in total. The van der Waals surface area contributed by atoms with Gasteiger partial charge in [-0.3, -0.25) is 0 Å². The third kappa shape index (κ3) is 11.7. The van der Waals surface area contributed by atoms with Crippen molar-refractivity contribution in [3.8, 4) is 0 Å². The van der Waals surface area contributed by atoms with Crippen molar-refractivity contribution in [2.24, 2.45) is 0 Å². The first kappa shape index (κ1) is 22.5. The summed E-state index contributed by atoms with van der Waals surface area (Å²) in [7, 11) is 0. The van der Waals surface area contributed by atoms with Gasteiger partial charge >= 0.3 is 0 Å². The fraction of sp³-hybridized carbons (Fsp3) is 0.905. The van der Waals surface area contributed by atoms with Gasteiger partial charge in [-0.1, -0.05) is 103 Å². The van der Waals surface area contributed by atoms with E-state index in [1.54, 1.807) is 0 Å². The maximum absolute atomic E-state index is 4.34. The minimum absolute atomic E-state index is 0.749. The van der Waals surface area contributed by atoms with Crippen LogP contribution in [0, 0.1) is 6.92 Å². The number of hydrogen-bond acceptors (Lipinski definition) is 3. The van der Waals surface area contributed by atoms with Gasteiger partial charge in [0, 0.05) is 6.54 Å². The lowest BCUT2D eigenvalue weighted by Gasteiger charge is -2.06. The second kappa shape index (κ2) is 15.7. The average molecular weight is 368 g/mol. The molecule has 0 radical (unpaired) electrons. The summed E-state index contributed by atoms with van der Waals surface area (Å²) < 4.78 is 2.10. The summed E-state index contributed by atoms with van der Waals surface area (Å²) in [6, 6.07) is 0. The molecule has 1 rings (SSSR count). The average Bonchev–Trinajstić information content (AvgIpc) is 2.93. The molecule has 146 valence electrons. The lowest BCUT2D eigenvalue weighted by Crippen LogP contribution is -2.01. The van der Waals surface area contributed by atoms with Crippen molar-refractivity contribution in [2.45, 2.75) is 128 Å². The van der Waals surface area contributed by atoms with Crippen molar-refractivity contribution >= 4 is 12.6 Å². The van der Waals surface area contributed by atoms with Gasteiger partial charge in [0.25, 0.3) is 0 Å². The largest absolute Gasteiger partial charge is 0.306 e. The first-order valence-electron chi connectivity index (χ1n) is 10.8. The van der Waals surface area contributed by atoms with E-state index in [-0.39, 0.29) is 0 Å². The maximum atomic E-state index is 4.34. The Bertz CT molecular complexity index is 398. The van der Waals surface area contributed by atoms with Crippen LogP contribution in [0.25, 0.3) is 0 Å². The zero-order chi connectivity index (χ0) is 18.2. The summed E-state index contributed by atoms with van der Waals surface area (Å²) in [5.41, 5.74) is 0. The molecule has 0 aromatic carbocycles. The van der Waals surface area contributed by atoms with E-state index in [9.17, 15) is 0 Å². The summed E-state index contributed by atoms with van der Waals surface area (Å²) in [5, 5.41) is 8.78. The smallest absolute Gasteiger partial charge is 0.188 e. The van der Waals surface area contributed by atoms with E-state index in [4.69, 9.17) is 0 Å². The van der Waals surface area contributed by atoms with Crippen LogP contribution in [-0.4, -0.2) is 14.8 Å². The van der Waals surface area contributed by atoms with Crippen molar-refractivity contribution in [3.05, 3.63) is 5.82 Å². The lowest BCUT2D eigenvalue weighted by atomic mass is 10.0. The third-order valence-electron chi connectivity index (χ3n) is 5.15. The van der Waals surface area contributed by atoms with Crippen LogP contribution < -0.4 is 0 Å². The predicted octanol–water partition coefficient (Wildman–Crippen LogP) is 7.14. The molecule has 0 spiro atoms. The van der Waals surface area contributed by atoms with Gasteiger partial charge in [-0.2, -0.15) is 0 Å². The normalized spacial score (nSPS) is 11.3. The fourth-order valence-electron chi connectivity index (χ4n) is 3.45. The Morgan fingerprint density at radius 2 is 1.04 bits per heavy atom. The zero-order valence-corrected chi connectivity index (χ0v) is 17.7. The second-order valence-corrected chi connectivity index (χ2v) is 7.90. The highest BCUT2D eigenvalue weighted by Crippen LogP contribution is 2.14. The summed E-state index contributed by atoms with van der Waals surface area (Å²) in [5.74, 6) is 0.978. The van der Waals surface area contributed by atoms with Gasteiger partial charge in [0.2, 0.25) is 0 Å². The van der Waals surface area contributed by atoms with E-state index in [1.165, 1.54) is 103 Å². The molecule has 3 nitrogen and oxygen atoms in total. The van der Waals surface area contributed by atoms with Crippen LogP contribution in [0.15, 0.2) is 5.16 Å². The SMILES string of the molecule is CCCCCCCCCCCCCCCCCCn1c(C)nnc1S. The molecule has 1 heterocycles. The van der Waals surface area contributed by atoms with Crippen LogP contribution in [0.2, 0.25) is 0 Å². The molecule has 1 aromatic heterocycles. The van der Waals surface area contributed by atoms with Crippen LogP contribution in [0.5, 0.6) is 0 Å². The first-order chi connectivity index (χ1) is 12.3. The molecule has 0 amide bonds. The fourth-order valence-corrected chi connectivity index (χ4v) is 3.74. The van der Waals surface area contributed by atoms with Crippen molar-refractivity contribution in [1.82, 2.24) is 14.8 Å². The molecule has 0 saturated carbocycles. The Morgan fingerprint density at radius 3 is 1.40 bits per heavy atom. The summed E-state index contributed by atoms with van der Waals surface area (Å²) in [4.78, 5) is 0. The van der Waals surface area contributed by atoms with Crippen LogP contribution in [0.1, 0.15) is 115 Å². The maximum Gasteiger partial charge on any atom is 0.188 e. The van der Waals surface area contributed by atoms with E-state index in [0.717, 1.165) is 17.5 Å². The molecule has 0 atom stereocenters. The summed E-state index contributed by atoms with van der Waals surface area (Å²) in [6.45, 7) is 5.30. The quantitative estimate of drug-likeness (QED) is 0.234. The van der Waals surface area contributed by atoms with Gasteiger partial charge in [-0.05, 0) is 13.3 Å². The molecular weight excluding hydrogens is 326 g/mol. The minimum atomic E-state index is 0.749. The van der Waals surface area contributed by atoms with Crippen LogP contribution in [-0.2, 0) is 6.54 Å². The number of thiol groups is 1. The Hall–Kier alpha value is -0.510. The number of hydrogen-bond donors (Lipinski definition) is 1. The van der Waals surface area contributed by atoms with E-state index in [2.05, 4.69) is 34.3 Å². The Labute approximate surface area is 161 Å². The standard InChI is InChI=1S/C21H41N3S/c1-3-4-5-6-7-8-9-10-11-12-13-14-15-16-17-18-19-24-20(2)22-23-21(24)25/h3-19H2,1-2H3,(H,23,25). The van der Waals surface area contributed by atoms with E-state index < -0.39 is 0 Å². The Balaban J connectivity index is 1.76. The number of aromatic nitrogens is 3. The van der Waals surface area contributed by atoms with Crippen molar-refractivity contribution < 1.29 is 0 Å². The van der Waals surface area contributed by atoms with E-state index in [1.807, 2.05) is 6.92 Å². The molecule has 0 unspecified atom stereocenters. The van der Waals surface area contributed by atoms with Crippen LogP contribution >= 0.6 is 12.6 Å². The lowest BCUT2D eigenvalue weighted by molar-refractivity contribution is 0.511. The number of unbranched alkanes of at least 4 members (excludes halogenated alkanes) is 15. The Morgan fingerprint density at radius 1 is 0.640 bits per heavy atom. The topological polar surface area (TPSA) is 30.7 Å². The molecule has 0 aliphatic heterocycles. The van der Waals surface area contributed by atoms with Gasteiger partial charge in [-0.15, -0.1) is 22.8 Å². The van der Waals surface area contributed by atoms with Gasteiger partial charge in [-0.25, -0.2) is 0 Å². The van der Waals surface area contributed by atoms with E-state index in [0.29, 0.717) is 0 Å². The van der Waals surface area contributed by atoms with Gasteiger partial charge in [0.15, 0.2) is 5.16 Å². The molecule has 0 saturated heterocycles. The van der Waals surface area contributed by atoms with Crippen LogP contribution in [0.4, 0.5) is 0 Å². The molecule has 0 aliphatic rings. The highest BCUT2D eigenvalue weighted by atomic mass is 32.1. The predicted molar refractivity (Wildman–Crippen MR) is 112 cm³/mol.